The molecule has 4 nitrogen and oxygen atoms in total. The number of carbonyl (C=O) groups excluding carboxylic acids is 1. The maximum atomic E-state index is 13.3. The van der Waals surface area contributed by atoms with Crippen LogP contribution in [0, 0.1) is 0 Å². The number of nitrogens with zero attached hydrogens (tertiary/aromatic N) is 1. The first-order valence-corrected chi connectivity index (χ1v) is 9.94. The summed E-state index contributed by atoms with van der Waals surface area (Å²) in [5.41, 5.74) is -2.59. The highest BCUT2D eigenvalue weighted by Crippen LogP contribution is 2.44. The normalized spacial score (nSPS) is 23.9. The lowest BCUT2D eigenvalue weighted by atomic mass is 9.85. The van der Waals surface area contributed by atoms with Gasteiger partial charge in [0.15, 0.2) is 0 Å². The maximum Gasteiger partial charge on any atom is 0.417 e. The van der Waals surface area contributed by atoms with Gasteiger partial charge < -0.3 is 14.7 Å². The predicted octanol–water partition coefficient (Wildman–Crippen LogP) is 5.53. The zero-order chi connectivity index (χ0) is 20.9. The number of ether oxygens (including phenoxy) is 1. The van der Waals surface area contributed by atoms with Crippen molar-refractivity contribution in [1.29, 1.82) is 0 Å². The van der Waals surface area contributed by atoms with E-state index in [4.69, 9.17) is 4.74 Å². The van der Waals surface area contributed by atoms with Gasteiger partial charge in [-0.2, -0.15) is 13.2 Å². The first-order valence-electron chi connectivity index (χ1n) is 9.12. The SMILES string of the molecule is CC1CC(O)(c2cc3c(C(F)(F)F)cccc3s2)CCN1C(=O)OC(C)(C)C. The molecule has 0 saturated carbocycles. The van der Waals surface area contributed by atoms with Crippen molar-refractivity contribution in [2.45, 2.75) is 64.0 Å². The second kappa shape index (κ2) is 6.91. The molecule has 8 heteroatoms. The van der Waals surface area contributed by atoms with Crippen molar-refractivity contribution < 1.29 is 27.8 Å². The average molecular weight is 415 g/mol. The Morgan fingerprint density at radius 2 is 2.00 bits per heavy atom. The molecule has 1 aliphatic heterocycles. The van der Waals surface area contributed by atoms with Gasteiger partial charge >= 0.3 is 12.3 Å². The summed E-state index contributed by atoms with van der Waals surface area (Å²) in [7, 11) is 0. The van der Waals surface area contributed by atoms with E-state index in [0.717, 1.165) is 6.07 Å². The number of amides is 1. The number of hydrogen-bond acceptors (Lipinski definition) is 4. The number of halogens is 3. The fourth-order valence-corrected chi connectivity index (χ4v) is 4.79. The molecule has 0 radical (unpaired) electrons. The number of rotatable bonds is 1. The Hall–Kier alpha value is -1.80. The Balaban J connectivity index is 1.86. The molecule has 1 aromatic heterocycles. The van der Waals surface area contributed by atoms with Crippen LogP contribution in [-0.2, 0) is 16.5 Å². The molecule has 1 aromatic carbocycles. The molecular formula is C20H24F3NO3S. The third-order valence-corrected chi connectivity index (χ3v) is 6.18. The lowest BCUT2D eigenvalue weighted by Gasteiger charge is -2.42. The molecule has 28 heavy (non-hydrogen) atoms. The van der Waals surface area contributed by atoms with E-state index in [1.54, 1.807) is 31.7 Å². The van der Waals surface area contributed by atoms with Crippen LogP contribution in [0.5, 0.6) is 0 Å². The summed E-state index contributed by atoms with van der Waals surface area (Å²) in [5.74, 6) is 0. The fourth-order valence-electron chi connectivity index (χ4n) is 3.58. The van der Waals surface area contributed by atoms with Crippen LogP contribution >= 0.6 is 11.3 Å². The number of thiophene rings is 1. The third kappa shape index (κ3) is 4.12. The van der Waals surface area contributed by atoms with Crippen LogP contribution < -0.4 is 0 Å². The van der Waals surface area contributed by atoms with Gasteiger partial charge in [0.2, 0.25) is 0 Å². The van der Waals surface area contributed by atoms with Gasteiger partial charge in [0, 0.05) is 34.0 Å². The average Bonchev–Trinajstić information content (AvgIpc) is 2.96. The summed E-state index contributed by atoms with van der Waals surface area (Å²) in [6.07, 6.45) is -4.42. The van der Waals surface area contributed by atoms with Crippen LogP contribution in [0.1, 0.15) is 51.0 Å². The Bertz CT molecular complexity index is 887. The Morgan fingerprint density at radius 3 is 2.57 bits per heavy atom. The van der Waals surface area contributed by atoms with Gasteiger partial charge in [0.25, 0.3) is 0 Å². The number of likely N-dealkylation sites (tertiary alicyclic amines) is 1. The summed E-state index contributed by atoms with van der Waals surface area (Å²) in [4.78, 5) is 14.4. The lowest BCUT2D eigenvalue weighted by molar-refractivity contribution is -0.136. The summed E-state index contributed by atoms with van der Waals surface area (Å²) < 4.78 is 45.8. The molecule has 1 amide bonds. The standard InChI is InChI=1S/C20H24F3NO3S/c1-12-11-19(26,8-9-24(12)17(25)27-18(2,3)4)16-10-13-14(20(21,22)23)6-5-7-15(13)28-16/h5-7,10,12,26H,8-9,11H2,1-4H3. The lowest BCUT2D eigenvalue weighted by Crippen LogP contribution is -2.51. The molecule has 1 fully saturated rings. The molecule has 1 saturated heterocycles. The van der Waals surface area contributed by atoms with E-state index in [-0.39, 0.29) is 30.8 Å². The van der Waals surface area contributed by atoms with Gasteiger partial charge in [-0.1, -0.05) is 6.07 Å². The van der Waals surface area contributed by atoms with Crippen LogP contribution in [0.4, 0.5) is 18.0 Å². The topological polar surface area (TPSA) is 49.8 Å². The third-order valence-electron chi connectivity index (χ3n) is 4.88. The minimum atomic E-state index is -4.45. The summed E-state index contributed by atoms with van der Waals surface area (Å²) in [6.45, 7) is 7.43. The number of alkyl halides is 3. The van der Waals surface area contributed by atoms with Crippen molar-refractivity contribution in [3.8, 4) is 0 Å². The number of carbonyl (C=O) groups is 1. The molecule has 0 bridgehead atoms. The van der Waals surface area contributed by atoms with Crippen LogP contribution in [0.2, 0.25) is 0 Å². The van der Waals surface area contributed by atoms with Gasteiger partial charge in [-0.3, -0.25) is 0 Å². The van der Waals surface area contributed by atoms with E-state index in [1.165, 1.54) is 23.5 Å². The van der Waals surface area contributed by atoms with Crippen LogP contribution in [0.3, 0.4) is 0 Å². The van der Waals surface area contributed by atoms with Crippen LogP contribution in [0.25, 0.3) is 10.1 Å². The molecule has 2 atom stereocenters. The first-order chi connectivity index (χ1) is 12.8. The minimum Gasteiger partial charge on any atom is -0.444 e. The van der Waals surface area contributed by atoms with E-state index >= 15 is 0 Å². The second-order valence-electron chi connectivity index (χ2n) is 8.33. The van der Waals surface area contributed by atoms with Crippen LogP contribution in [-0.4, -0.2) is 34.3 Å². The van der Waals surface area contributed by atoms with E-state index in [1.807, 2.05) is 6.92 Å². The van der Waals surface area contributed by atoms with Gasteiger partial charge in [-0.05, 0) is 52.3 Å². The van der Waals surface area contributed by atoms with Gasteiger partial charge in [0.05, 0.1) is 5.56 Å². The summed E-state index contributed by atoms with van der Waals surface area (Å²) in [5, 5.41) is 11.3. The minimum absolute atomic E-state index is 0.102. The number of piperidine rings is 1. The molecule has 2 heterocycles. The van der Waals surface area contributed by atoms with Crippen molar-refractivity contribution >= 4 is 27.5 Å². The van der Waals surface area contributed by atoms with Crippen LogP contribution in [0.15, 0.2) is 24.3 Å². The van der Waals surface area contributed by atoms with Crippen molar-refractivity contribution in [2.75, 3.05) is 6.54 Å². The number of fused-ring (bicyclic) bond motifs is 1. The summed E-state index contributed by atoms with van der Waals surface area (Å²) in [6, 6.07) is 5.20. The quantitative estimate of drug-likeness (QED) is 0.667. The molecule has 2 aromatic rings. The maximum absolute atomic E-state index is 13.3. The Morgan fingerprint density at radius 1 is 1.32 bits per heavy atom. The monoisotopic (exact) mass is 415 g/mol. The molecule has 154 valence electrons. The Labute approximate surface area is 165 Å². The Kier molecular flexibility index (Phi) is 5.17. The van der Waals surface area contributed by atoms with E-state index in [0.29, 0.717) is 9.58 Å². The zero-order valence-corrected chi connectivity index (χ0v) is 17.1. The van der Waals surface area contributed by atoms with Crippen molar-refractivity contribution in [3.63, 3.8) is 0 Å². The first kappa shape index (κ1) is 20.9. The fraction of sp³-hybridized carbons (Fsp3) is 0.550. The van der Waals surface area contributed by atoms with Crippen molar-refractivity contribution in [1.82, 2.24) is 4.90 Å². The highest BCUT2D eigenvalue weighted by Gasteiger charge is 2.42. The molecule has 2 unspecified atom stereocenters. The van der Waals surface area contributed by atoms with Gasteiger partial charge in [-0.25, -0.2) is 4.79 Å². The highest BCUT2D eigenvalue weighted by atomic mass is 32.1. The molecule has 0 aliphatic carbocycles. The largest absolute Gasteiger partial charge is 0.444 e. The van der Waals surface area contributed by atoms with Crippen molar-refractivity contribution in [2.24, 2.45) is 0 Å². The van der Waals surface area contributed by atoms with Gasteiger partial charge in [-0.15, -0.1) is 11.3 Å². The van der Waals surface area contributed by atoms with E-state index < -0.39 is 29.0 Å². The number of aliphatic hydroxyl groups is 1. The molecule has 1 aliphatic rings. The van der Waals surface area contributed by atoms with Crippen molar-refractivity contribution in [3.05, 3.63) is 34.7 Å². The zero-order valence-electron chi connectivity index (χ0n) is 16.3. The smallest absolute Gasteiger partial charge is 0.417 e. The van der Waals surface area contributed by atoms with Gasteiger partial charge in [0.1, 0.15) is 11.2 Å². The number of hydrogen-bond donors (Lipinski definition) is 1. The molecular weight excluding hydrogens is 391 g/mol. The molecule has 0 spiro atoms. The molecule has 1 N–H and O–H groups in total. The highest BCUT2D eigenvalue weighted by molar-refractivity contribution is 7.19. The van der Waals surface area contributed by atoms with E-state index in [2.05, 4.69) is 0 Å². The second-order valence-corrected chi connectivity index (χ2v) is 9.42. The number of benzene rings is 1. The van der Waals surface area contributed by atoms with E-state index in [9.17, 15) is 23.1 Å². The molecule has 3 rings (SSSR count). The summed E-state index contributed by atoms with van der Waals surface area (Å²) >= 11 is 1.17. The predicted molar refractivity (Wildman–Crippen MR) is 102 cm³/mol.